The Bertz CT molecular complexity index is 1250. The molecule has 3 aromatic rings. The lowest BCUT2D eigenvalue weighted by atomic mass is 9.49. The number of nitrogens with zero attached hydrogens (tertiary/aromatic N) is 2. The predicted octanol–water partition coefficient (Wildman–Crippen LogP) is 5.08. The molecule has 0 radical (unpaired) electrons. The van der Waals surface area contributed by atoms with Crippen LogP contribution in [0.4, 0.5) is 5.69 Å². The molecule has 2 heterocycles. The van der Waals surface area contributed by atoms with E-state index < -0.39 is 0 Å². The van der Waals surface area contributed by atoms with Crippen molar-refractivity contribution in [1.29, 1.82) is 0 Å². The molecule has 4 saturated carbocycles. The van der Waals surface area contributed by atoms with Gasteiger partial charge >= 0.3 is 0 Å². The van der Waals surface area contributed by atoms with Gasteiger partial charge in [-0.1, -0.05) is 11.6 Å². The molecule has 1 aromatic carbocycles. The van der Waals surface area contributed by atoms with Gasteiger partial charge in [0.15, 0.2) is 0 Å². The third-order valence-corrected chi connectivity index (χ3v) is 7.92. The topological polar surface area (TPSA) is 72.7 Å². The third-order valence-electron chi connectivity index (χ3n) is 7.70. The van der Waals surface area contributed by atoms with E-state index in [1.807, 2.05) is 24.3 Å². The zero-order valence-corrected chi connectivity index (χ0v) is 19.1. The lowest BCUT2D eigenvalue weighted by Gasteiger charge is -2.55. The Morgan fingerprint density at radius 2 is 1.73 bits per heavy atom. The number of rotatable bonds is 5. The van der Waals surface area contributed by atoms with Crippen LogP contribution in [-0.2, 0) is 11.4 Å². The second-order valence-electron chi connectivity index (χ2n) is 10.1. The minimum atomic E-state index is -0.205. The average Bonchev–Trinajstić information content (AvgIpc) is 2.78. The van der Waals surface area contributed by atoms with Gasteiger partial charge in [0.2, 0.25) is 5.91 Å². The molecule has 0 aliphatic heterocycles. The SMILES string of the molecule is O=C(Nc1ccc(OCc2cc(=O)n3cc(Cl)ccc3n2)cc1)C12CC3CC(CC(C3)C1)C2. The summed E-state index contributed by atoms with van der Waals surface area (Å²) in [6.45, 7) is 0.174. The number of carbonyl (C=O) groups is 1. The van der Waals surface area contributed by atoms with Crippen LogP contribution in [0, 0.1) is 23.2 Å². The van der Waals surface area contributed by atoms with E-state index in [4.69, 9.17) is 16.3 Å². The summed E-state index contributed by atoms with van der Waals surface area (Å²) >= 11 is 5.95. The number of ether oxygens (including phenoxy) is 1. The van der Waals surface area contributed by atoms with E-state index in [0.717, 1.165) is 42.7 Å². The normalized spacial score (nSPS) is 27.6. The van der Waals surface area contributed by atoms with Crippen molar-refractivity contribution in [2.75, 3.05) is 5.32 Å². The van der Waals surface area contributed by atoms with Crippen LogP contribution >= 0.6 is 11.6 Å². The molecule has 0 spiro atoms. The van der Waals surface area contributed by atoms with Crippen LogP contribution in [0.3, 0.4) is 0 Å². The van der Waals surface area contributed by atoms with Gasteiger partial charge in [0, 0.05) is 18.0 Å². The fourth-order valence-corrected chi connectivity index (χ4v) is 6.80. The van der Waals surface area contributed by atoms with Gasteiger partial charge in [0.25, 0.3) is 5.56 Å². The maximum atomic E-state index is 13.2. The molecule has 4 aliphatic rings. The zero-order valence-electron chi connectivity index (χ0n) is 18.3. The Kier molecular flexibility index (Phi) is 4.94. The summed E-state index contributed by atoms with van der Waals surface area (Å²) in [4.78, 5) is 30.0. The zero-order chi connectivity index (χ0) is 22.6. The Morgan fingerprint density at radius 1 is 1.06 bits per heavy atom. The molecule has 33 heavy (non-hydrogen) atoms. The molecule has 2 aromatic heterocycles. The van der Waals surface area contributed by atoms with Crippen molar-refractivity contribution in [3.05, 3.63) is 69.7 Å². The van der Waals surface area contributed by atoms with Crippen LogP contribution in [0.2, 0.25) is 5.02 Å². The molecule has 7 heteroatoms. The van der Waals surface area contributed by atoms with E-state index in [2.05, 4.69) is 10.3 Å². The van der Waals surface area contributed by atoms with Gasteiger partial charge in [-0.15, -0.1) is 0 Å². The molecule has 0 atom stereocenters. The van der Waals surface area contributed by atoms with Gasteiger partial charge in [-0.05, 0) is 92.7 Å². The van der Waals surface area contributed by atoms with Crippen molar-refractivity contribution in [2.45, 2.75) is 45.1 Å². The first-order valence-corrected chi connectivity index (χ1v) is 12.1. The van der Waals surface area contributed by atoms with Crippen molar-refractivity contribution in [1.82, 2.24) is 9.38 Å². The number of pyridine rings is 1. The van der Waals surface area contributed by atoms with Crippen LogP contribution in [0.25, 0.3) is 5.65 Å². The van der Waals surface area contributed by atoms with Crippen LogP contribution in [0.15, 0.2) is 53.5 Å². The molecule has 0 unspecified atom stereocenters. The molecule has 4 bridgehead atoms. The van der Waals surface area contributed by atoms with Gasteiger partial charge in [-0.2, -0.15) is 0 Å². The minimum Gasteiger partial charge on any atom is -0.487 e. The van der Waals surface area contributed by atoms with E-state index in [1.54, 1.807) is 18.3 Å². The number of hydrogen-bond acceptors (Lipinski definition) is 4. The second-order valence-corrected chi connectivity index (χ2v) is 10.6. The van der Waals surface area contributed by atoms with Crippen LogP contribution < -0.4 is 15.6 Å². The van der Waals surface area contributed by atoms with E-state index in [1.165, 1.54) is 29.7 Å². The van der Waals surface area contributed by atoms with Crippen molar-refractivity contribution >= 4 is 28.8 Å². The third kappa shape index (κ3) is 3.90. The van der Waals surface area contributed by atoms with Gasteiger partial charge in [-0.3, -0.25) is 14.0 Å². The van der Waals surface area contributed by atoms with Crippen LogP contribution in [0.5, 0.6) is 5.75 Å². The first kappa shape index (κ1) is 20.7. The molecule has 1 N–H and O–H groups in total. The fourth-order valence-electron chi connectivity index (χ4n) is 6.64. The van der Waals surface area contributed by atoms with Crippen LogP contribution in [0.1, 0.15) is 44.2 Å². The number of fused-ring (bicyclic) bond motifs is 1. The number of carbonyl (C=O) groups excluding carboxylic acids is 1. The number of benzene rings is 1. The molecular formula is C26H26ClN3O3. The molecular weight excluding hydrogens is 438 g/mol. The maximum Gasteiger partial charge on any atom is 0.258 e. The van der Waals surface area contributed by atoms with Crippen molar-refractivity contribution < 1.29 is 9.53 Å². The Morgan fingerprint density at radius 3 is 2.39 bits per heavy atom. The van der Waals surface area contributed by atoms with Gasteiger partial charge < -0.3 is 10.1 Å². The average molecular weight is 464 g/mol. The standard InChI is InChI=1S/C26H26ClN3O3/c27-19-1-6-23-28-21(10-24(31)30(23)14-19)15-33-22-4-2-20(3-5-22)29-25(32)26-11-16-7-17(12-26)9-18(8-16)13-26/h1-6,10,14,16-18H,7-9,11-13,15H2,(H,29,32). The predicted molar refractivity (Wildman–Crippen MR) is 126 cm³/mol. The monoisotopic (exact) mass is 463 g/mol. The highest BCUT2D eigenvalue weighted by molar-refractivity contribution is 6.30. The number of nitrogens with one attached hydrogen (secondary N) is 1. The number of hydrogen-bond donors (Lipinski definition) is 1. The van der Waals surface area contributed by atoms with Crippen molar-refractivity contribution in [2.24, 2.45) is 23.2 Å². The molecule has 0 saturated heterocycles. The minimum absolute atomic E-state index is 0.163. The number of aromatic nitrogens is 2. The van der Waals surface area contributed by atoms with Crippen molar-refractivity contribution in [3.63, 3.8) is 0 Å². The Labute approximate surface area is 196 Å². The van der Waals surface area contributed by atoms with E-state index >= 15 is 0 Å². The number of anilines is 1. The molecule has 4 aliphatic carbocycles. The van der Waals surface area contributed by atoms with Gasteiger partial charge in [0.1, 0.15) is 18.0 Å². The fraction of sp³-hybridized carbons (Fsp3) is 0.423. The molecule has 4 fully saturated rings. The largest absolute Gasteiger partial charge is 0.487 e. The second kappa shape index (κ2) is 7.87. The summed E-state index contributed by atoms with van der Waals surface area (Å²) < 4.78 is 7.24. The lowest BCUT2D eigenvalue weighted by molar-refractivity contribution is -0.140. The summed E-state index contributed by atoms with van der Waals surface area (Å²) in [5.41, 5.74) is 1.49. The first-order valence-electron chi connectivity index (χ1n) is 11.7. The molecule has 6 nitrogen and oxygen atoms in total. The Balaban J connectivity index is 1.11. The molecule has 7 rings (SSSR count). The highest BCUT2D eigenvalue weighted by atomic mass is 35.5. The van der Waals surface area contributed by atoms with Gasteiger partial charge in [-0.25, -0.2) is 4.98 Å². The highest BCUT2D eigenvalue weighted by Gasteiger charge is 2.54. The van der Waals surface area contributed by atoms with E-state index in [0.29, 0.717) is 22.1 Å². The van der Waals surface area contributed by atoms with Crippen LogP contribution in [-0.4, -0.2) is 15.3 Å². The summed E-state index contributed by atoms with van der Waals surface area (Å²) in [5, 5.41) is 3.65. The summed E-state index contributed by atoms with van der Waals surface area (Å²) in [6, 6.07) is 12.3. The van der Waals surface area contributed by atoms with Gasteiger partial charge in [0.05, 0.1) is 16.1 Å². The highest BCUT2D eigenvalue weighted by Crippen LogP contribution is 2.60. The smallest absolute Gasteiger partial charge is 0.258 e. The number of halogens is 1. The molecule has 1 amide bonds. The lowest BCUT2D eigenvalue weighted by Crippen LogP contribution is -2.51. The van der Waals surface area contributed by atoms with Crippen molar-refractivity contribution in [3.8, 4) is 5.75 Å². The first-order chi connectivity index (χ1) is 16.0. The summed E-state index contributed by atoms with van der Waals surface area (Å²) in [7, 11) is 0. The maximum absolute atomic E-state index is 13.2. The van der Waals surface area contributed by atoms with E-state index in [-0.39, 0.29) is 23.5 Å². The summed E-state index contributed by atoms with van der Waals surface area (Å²) in [5.74, 6) is 3.07. The van der Waals surface area contributed by atoms with E-state index in [9.17, 15) is 9.59 Å². The quantitative estimate of drug-likeness (QED) is 0.572. The molecule has 170 valence electrons. The summed E-state index contributed by atoms with van der Waals surface area (Å²) in [6.07, 6.45) is 8.68. The number of amides is 1. The Hall–Kier alpha value is -2.86.